The predicted octanol–water partition coefficient (Wildman–Crippen LogP) is 5.93. The van der Waals surface area contributed by atoms with Crippen LogP contribution in [0, 0.1) is 21.3 Å². The second kappa shape index (κ2) is 7.52. The van der Waals surface area contributed by atoms with Gasteiger partial charge in [0.1, 0.15) is 0 Å². The van der Waals surface area contributed by atoms with Crippen molar-refractivity contribution in [2.24, 2.45) is 10.8 Å². The molecule has 0 unspecified atom stereocenters. The summed E-state index contributed by atoms with van der Waals surface area (Å²) in [6.07, 6.45) is 6.24. The molecule has 0 aliphatic heterocycles. The van der Waals surface area contributed by atoms with Gasteiger partial charge < -0.3 is 0 Å². The molecule has 0 aromatic heterocycles. The molecule has 0 amide bonds. The summed E-state index contributed by atoms with van der Waals surface area (Å²) in [4.78, 5) is 20.4. The Morgan fingerprint density at radius 2 is 1.21 bits per heavy atom. The van der Waals surface area contributed by atoms with Crippen molar-refractivity contribution in [2.45, 2.75) is 41.5 Å². The normalized spacial score (nSPS) is 15.1. The quantitative estimate of drug-likeness (QED) is 0.651. The van der Waals surface area contributed by atoms with Crippen LogP contribution in [0.4, 0.5) is 0 Å². The first-order chi connectivity index (χ1) is 11.1. The van der Waals surface area contributed by atoms with Crippen LogP contribution in [0.25, 0.3) is 6.08 Å². The fraction of sp³-hybridized carbons (Fsp3) is 0.381. The fourth-order valence-corrected chi connectivity index (χ4v) is 2.59. The van der Waals surface area contributed by atoms with Crippen LogP contribution in [0.1, 0.15) is 47.1 Å². The SMILES string of the molecule is CC(C)(C)C1=CC(=Cc2ccccc2)C=C(C(C)(C)C)C1=O.N=O. The van der Waals surface area contributed by atoms with Crippen molar-refractivity contribution in [1.29, 1.82) is 5.59 Å². The van der Waals surface area contributed by atoms with Crippen molar-refractivity contribution < 1.29 is 4.79 Å². The lowest BCUT2D eigenvalue weighted by atomic mass is 9.72. The van der Waals surface area contributed by atoms with Crippen molar-refractivity contribution in [2.75, 3.05) is 0 Å². The van der Waals surface area contributed by atoms with Gasteiger partial charge in [0.2, 0.25) is 0 Å². The summed E-state index contributed by atoms with van der Waals surface area (Å²) in [7, 11) is 0. The standard InChI is InChI=1S/C21H26O.HNO/c1-20(2,3)17-13-16(12-15-10-8-7-9-11-15)14-18(19(17)22)21(4,5)6;1-2/h7-14H,1-6H3;1H. The van der Waals surface area contributed by atoms with Gasteiger partial charge in [0.05, 0.1) is 0 Å². The highest BCUT2D eigenvalue weighted by Gasteiger charge is 2.33. The number of ketones is 1. The maximum Gasteiger partial charge on any atom is 0.186 e. The van der Waals surface area contributed by atoms with Crippen LogP contribution in [0.5, 0.6) is 0 Å². The topological polar surface area (TPSA) is 58.0 Å². The van der Waals surface area contributed by atoms with Gasteiger partial charge >= 0.3 is 0 Å². The van der Waals surface area contributed by atoms with Gasteiger partial charge in [0, 0.05) is 11.1 Å². The second-order valence-corrected chi connectivity index (χ2v) is 8.00. The molecule has 3 heteroatoms. The van der Waals surface area contributed by atoms with E-state index >= 15 is 0 Å². The Bertz CT molecular complexity index is 645. The number of carbonyl (C=O) groups is 1. The van der Waals surface area contributed by atoms with Crippen LogP contribution in [-0.2, 0) is 4.79 Å². The Labute approximate surface area is 144 Å². The number of hydrogen-bond donors (Lipinski definition) is 1. The minimum absolute atomic E-state index is 0.155. The highest BCUT2D eigenvalue weighted by molar-refractivity contribution is 6.12. The first-order valence-electron chi connectivity index (χ1n) is 8.05. The molecule has 0 saturated heterocycles. The van der Waals surface area contributed by atoms with Gasteiger partial charge in [-0.3, -0.25) is 4.79 Å². The second-order valence-electron chi connectivity index (χ2n) is 8.00. The summed E-state index contributed by atoms with van der Waals surface area (Å²) in [6.45, 7) is 12.6. The Balaban J connectivity index is 0.00000139. The maximum absolute atomic E-state index is 12.9. The number of Topliss-reactive ketones (excluding diaryl/α,β-unsaturated/α-hetero) is 1. The van der Waals surface area contributed by atoms with Crippen LogP contribution in [0.15, 0.2) is 59.2 Å². The number of benzene rings is 1. The van der Waals surface area contributed by atoms with Gasteiger partial charge in [0.15, 0.2) is 5.78 Å². The molecule has 0 saturated carbocycles. The van der Waals surface area contributed by atoms with E-state index in [1.807, 2.05) is 30.4 Å². The molecule has 24 heavy (non-hydrogen) atoms. The molecule has 0 radical (unpaired) electrons. The van der Waals surface area contributed by atoms with Crippen molar-refractivity contribution in [1.82, 2.24) is 0 Å². The minimum Gasteiger partial charge on any atom is -0.289 e. The largest absolute Gasteiger partial charge is 0.289 e. The number of nitrogens with one attached hydrogen (secondary N) is 1. The molecule has 0 atom stereocenters. The molecule has 1 aliphatic rings. The van der Waals surface area contributed by atoms with E-state index in [1.165, 1.54) is 0 Å². The van der Waals surface area contributed by atoms with Crippen molar-refractivity contribution >= 4 is 11.9 Å². The third kappa shape index (κ3) is 4.85. The lowest BCUT2D eigenvalue weighted by molar-refractivity contribution is -0.114. The average Bonchev–Trinajstić information content (AvgIpc) is 2.49. The van der Waals surface area contributed by atoms with Crippen LogP contribution in [0.3, 0.4) is 0 Å². The molecule has 128 valence electrons. The smallest absolute Gasteiger partial charge is 0.186 e. The van der Waals surface area contributed by atoms with Crippen LogP contribution in [-0.4, -0.2) is 5.78 Å². The molecule has 1 aromatic carbocycles. The Morgan fingerprint density at radius 1 is 0.792 bits per heavy atom. The molecule has 0 fully saturated rings. The van der Waals surface area contributed by atoms with Gasteiger partial charge in [-0.2, -0.15) is 4.91 Å². The number of rotatable bonds is 1. The number of allylic oxidation sites excluding steroid dienone is 5. The van der Waals surface area contributed by atoms with Crippen molar-refractivity contribution in [3.05, 3.63) is 69.7 Å². The highest BCUT2D eigenvalue weighted by atomic mass is 16.2. The summed E-state index contributed by atoms with van der Waals surface area (Å²) in [5.74, 6) is 0.185. The van der Waals surface area contributed by atoms with Gasteiger partial charge in [-0.05, 0) is 40.2 Å². The minimum atomic E-state index is -0.155. The third-order valence-corrected chi connectivity index (χ3v) is 3.86. The van der Waals surface area contributed by atoms with E-state index < -0.39 is 0 Å². The van der Waals surface area contributed by atoms with Crippen LogP contribution in [0.2, 0.25) is 0 Å². The first-order valence-corrected chi connectivity index (χ1v) is 8.05. The van der Waals surface area contributed by atoms with E-state index in [9.17, 15) is 4.79 Å². The zero-order valence-corrected chi connectivity index (χ0v) is 15.4. The van der Waals surface area contributed by atoms with E-state index in [0.717, 1.165) is 22.3 Å². The zero-order valence-electron chi connectivity index (χ0n) is 15.4. The molecule has 0 spiro atoms. The summed E-state index contributed by atoms with van der Waals surface area (Å²) in [5, 5.41) is 0. The molecule has 1 N–H and O–H groups in total. The Morgan fingerprint density at radius 3 is 1.58 bits per heavy atom. The van der Waals surface area contributed by atoms with Crippen LogP contribution < -0.4 is 0 Å². The van der Waals surface area contributed by atoms with E-state index in [2.05, 4.69) is 65.3 Å². The Hall–Kier alpha value is -2.29. The third-order valence-electron chi connectivity index (χ3n) is 3.86. The molecule has 2 rings (SSSR count). The first kappa shape index (κ1) is 19.8. The summed E-state index contributed by atoms with van der Waals surface area (Å²) in [6, 6.07) is 10.2. The molecule has 1 aromatic rings. The summed E-state index contributed by atoms with van der Waals surface area (Å²) in [5.41, 5.74) is 8.22. The summed E-state index contributed by atoms with van der Waals surface area (Å²) >= 11 is 0. The van der Waals surface area contributed by atoms with Gasteiger partial charge in [0.25, 0.3) is 0 Å². The summed E-state index contributed by atoms with van der Waals surface area (Å²) < 4.78 is 0. The zero-order chi connectivity index (χ0) is 18.5. The molecular weight excluding hydrogens is 298 g/mol. The van der Waals surface area contributed by atoms with E-state index in [4.69, 9.17) is 4.91 Å². The van der Waals surface area contributed by atoms with Gasteiger partial charge in [-0.15, -0.1) is 0 Å². The van der Waals surface area contributed by atoms with E-state index in [1.54, 1.807) is 0 Å². The Kier molecular flexibility index (Phi) is 6.19. The van der Waals surface area contributed by atoms with Crippen molar-refractivity contribution in [3.63, 3.8) is 0 Å². The lowest BCUT2D eigenvalue weighted by Gasteiger charge is -2.31. The van der Waals surface area contributed by atoms with E-state index in [-0.39, 0.29) is 16.6 Å². The van der Waals surface area contributed by atoms with Crippen molar-refractivity contribution in [3.8, 4) is 0 Å². The molecule has 0 bridgehead atoms. The van der Waals surface area contributed by atoms with Crippen LogP contribution >= 0.6 is 0 Å². The monoisotopic (exact) mass is 325 g/mol. The van der Waals surface area contributed by atoms with Gasteiger partial charge in [-0.25, -0.2) is 0 Å². The number of carbonyl (C=O) groups excluding carboxylic acids is 1. The number of nitroso groups, excluding NO2 is 1. The predicted molar refractivity (Wildman–Crippen MR) is 101 cm³/mol. The molecular formula is C21H27NO2. The lowest BCUT2D eigenvalue weighted by Crippen LogP contribution is -2.27. The van der Waals surface area contributed by atoms with Gasteiger partial charge in [-0.1, -0.05) is 77.5 Å². The van der Waals surface area contributed by atoms with E-state index in [0.29, 0.717) is 0 Å². The molecule has 3 nitrogen and oxygen atoms in total. The maximum atomic E-state index is 12.9. The molecule has 1 aliphatic carbocycles. The highest BCUT2D eigenvalue weighted by Crippen LogP contribution is 2.39. The number of hydrogen-bond acceptors (Lipinski definition) is 3. The average molecular weight is 325 g/mol. The molecule has 0 heterocycles. The fourth-order valence-electron chi connectivity index (χ4n) is 2.59.